The molecule has 41 heavy (non-hydrogen) atoms. The zero-order valence-corrected chi connectivity index (χ0v) is 25.6. The van der Waals surface area contributed by atoms with Crippen LogP contribution in [0.15, 0.2) is 66.7 Å². The van der Waals surface area contributed by atoms with Crippen LogP contribution in [-0.2, 0) is 13.5 Å². The van der Waals surface area contributed by atoms with Gasteiger partial charge in [0.15, 0.2) is 0 Å². The maximum Gasteiger partial charge on any atom is 0.338 e. The van der Waals surface area contributed by atoms with E-state index in [1.165, 1.54) is 17.3 Å². The van der Waals surface area contributed by atoms with Gasteiger partial charge >= 0.3 is 5.97 Å². The summed E-state index contributed by atoms with van der Waals surface area (Å²) < 4.78 is 17.3. The van der Waals surface area contributed by atoms with E-state index in [0.29, 0.717) is 39.7 Å². The average Bonchev–Trinajstić information content (AvgIpc) is 3.22. The van der Waals surface area contributed by atoms with Crippen LogP contribution in [0.4, 0.5) is 10.1 Å². The van der Waals surface area contributed by atoms with Gasteiger partial charge in [0.05, 0.1) is 11.3 Å². The molecule has 2 unspecified atom stereocenters. The monoisotopic (exact) mass is 574 g/mol. The smallest absolute Gasteiger partial charge is 0.338 e. The first kappa shape index (κ1) is 30.4. The molecule has 4 rings (SSSR count). The molecule has 1 aromatic heterocycles. The average molecular weight is 575 g/mol. The van der Waals surface area contributed by atoms with Gasteiger partial charge in [0.25, 0.3) is 0 Å². The summed E-state index contributed by atoms with van der Waals surface area (Å²) in [4.78, 5) is 14.8. The fourth-order valence-corrected chi connectivity index (χ4v) is 5.79. The van der Waals surface area contributed by atoms with Gasteiger partial charge in [-0.1, -0.05) is 67.8 Å². The van der Waals surface area contributed by atoms with E-state index in [-0.39, 0.29) is 17.3 Å². The van der Waals surface area contributed by atoms with E-state index in [0.717, 1.165) is 30.6 Å². The third kappa shape index (κ3) is 6.68. The van der Waals surface area contributed by atoms with Crippen molar-refractivity contribution in [2.45, 2.75) is 47.0 Å². The van der Waals surface area contributed by atoms with E-state index in [2.05, 4.69) is 57.0 Å². The highest BCUT2D eigenvalue weighted by molar-refractivity contribution is 6.30. The Morgan fingerprint density at radius 2 is 1.66 bits per heavy atom. The second-order valence-corrected chi connectivity index (χ2v) is 11.7. The van der Waals surface area contributed by atoms with E-state index >= 15 is 4.39 Å². The van der Waals surface area contributed by atoms with Gasteiger partial charge in [0.1, 0.15) is 5.82 Å². The van der Waals surface area contributed by atoms with Gasteiger partial charge in [-0.3, -0.25) is 0 Å². The highest BCUT2D eigenvalue weighted by atomic mass is 35.5. The van der Waals surface area contributed by atoms with Gasteiger partial charge in [0, 0.05) is 42.6 Å². The number of hydrogen-bond acceptors (Lipinski definition) is 2. The SMILES string of the molecule is CCC(C)C(CCN(C)c1ccc(C)cc1)Cc1cc(-c2c(C(=O)O)c(C)n(C)c2-c2ccc(Cl)cc2)ccc1F. The molecule has 4 aromatic rings. The molecule has 2 atom stereocenters. The van der Waals surface area contributed by atoms with Crippen LogP contribution in [0.1, 0.15) is 53.9 Å². The lowest BCUT2D eigenvalue weighted by atomic mass is 9.83. The number of nitrogens with zero attached hydrogens (tertiary/aromatic N) is 2. The second kappa shape index (κ2) is 12.9. The summed E-state index contributed by atoms with van der Waals surface area (Å²) in [6, 6.07) is 20.9. The Labute approximate surface area is 248 Å². The lowest BCUT2D eigenvalue weighted by Crippen LogP contribution is -2.24. The van der Waals surface area contributed by atoms with Crippen LogP contribution in [0.3, 0.4) is 0 Å². The Kier molecular flexibility index (Phi) is 9.60. The standard InChI is InChI=1S/C35H40ClFN2O2/c1-7-23(3)26(18-19-38(5)30-15-8-22(2)9-16-30)20-28-21-27(12-17-31(28)37)33-32(35(40)41)24(4)39(6)34(33)25-10-13-29(36)14-11-25/h8-17,21,23,26H,7,18-20H2,1-6H3,(H,40,41). The Bertz CT molecular complexity index is 1510. The zero-order chi connectivity index (χ0) is 29.8. The Hall–Kier alpha value is -3.57. The van der Waals surface area contributed by atoms with Crippen molar-refractivity contribution in [2.75, 3.05) is 18.5 Å². The van der Waals surface area contributed by atoms with Crippen molar-refractivity contribution < 1.29 is 14.3 Å². The molecule has 0 aliphatic heterocycles. The summed E-state index contributed by atoms with van der Waals surface area (Å²) in [7, 11) is 3.96. The second-order valence-electron chi connectivity index (χ2n) is 11.3. The predicted octanol–water partition coefficient (Wildman–Crippen LogP) is 9.20. The number of carbonyl (C=O) groups is 1. The highest BCUT2D eigenvalue weighted by Crippen LogP contribution is 2.40. The summed E-state index contributed by atoms with van der Waals surface area (Å²) >= 11 is 6.15. The van der Waals surface area contributed by atoms with Crippen LogP contribution < -0.4 is 4.90 Å². The first-order valence-corrected chi connectivity index (χ1v) is 14.6. The molecule has 3 aromatic carbocycles. The third-order valence-corrected chi connectivity index (χ3v) is 8.85. The number of aryl methyl sites for hydroxylation is 1. The van der Waals surface area contributed by atoms with E-state index in [9.17, 15) is 9.90 Å². The number of anilines is 1. The van der Waals surface area contributed by atoms with Crippen molar-refractivity contribution in [3.63, 3.8) is 0 Å². The molecule has 0 bridgehead atoms. The lowest BCUT2D eigenvalue weighted by Gasteiger charge is -2.27. The number of halogens is 2. The molecule has 0 aliphatic rings. The molecule has 4 nitrogen and oxygen atoms in total. The van der Waals surface area contributed by atoms with Gasteiger partial charge in [-0.05, 0) is 91.6 Å². The number of hydrogen-bond donors (Lipinski definition) is 1. The Morgan fingerprint density at radius 3 is 2.27 bits per heavy atom. The summed E-state index contributed by atoms with van der Waals surface area (Å²) in [6.07, 6.45) is 2.51. The van der Waals surface area contributed by atoms with Gasteiger partial charge < -0.3 is 14.6 Å². The summed E-state index contributed by atoms with van der Waals surface area (Å²) in [6.45, 7) is 9.17. The largest absolute Gasteiger partial charge is 0.478 e. The maximum absolute atomic E-state index is 15.4. The third-order valence-electron chi connectivity index (χ3n) is 8.59. The van der Waals surface area contributed by atoms with E-state index < -0.39 is 5.97 Å². The minimum absolute atomic E-state index is 0.230. The zero-order valence-electron chi connectivity index (χ0n) is 24.8. The summed E-state index contributed by atoms with van der Waals surface area (Å²) in [5.41, 5.74) is 6.81. The minimum atomic E-state index is -1.00. The van der Waals surface area contributed by atoms with Crippen molar-refractivity contribution in [3.05, 3.63) is 100.0 Å². The Morgan fingerprint density at radius 1 is 1.02 bits per heavy atom. The van der Waals surface area contributed by atoms with Crippen molar-refractivity contribution in [1.29, 1.82) is 0 Å². The van der Waals surface area contributed by atoms with Gasteiger partial charge in [-0.2, -0.15) is 0 Å². The molecular weight excluding hydrogens is 535 g/mol. The van der Waals surface area contributed by atoms with E-state index in [1.54, 1.807) is 25.1 Å². The predicted molar refractivity (Wildman–Crippen MR) is 169 cm³/mol. The van der Waals surface area contributed by atoms with Crippen molar-refractivity contribution in [1.82, 2.24) is 4.57 Å². The summed E-state index contributed by atoms with van der Waals surface area (Å²) in [5, 5.41) is 10.8. The lowest BCUT2D eigenvalue weighted by molar-refractivity contribution is 0.0697. The molecule has 1 heterocycles. The fourth-order valence-electron chi connectivity index (χ4n) is 5.67. The summed E-state index contributed by atoms with van der Waals surface area (Å²) in [5.74, 6) is -0.588. The topological polar surface area (TPSA) is 45.5 Å². The molecule has 6 heteroatoms. The number of carboxylic acid groups (broad SMARTS) is 1. The molecule has 0 saturated carbocycles. The van der Waals surface area contributed by atoms with Crippen LogP contribution in [0.5, 0.6) is 0 Å². The minimum Gasteiger partial charge on any atom is -0.478 e. The number of aromatic carboxylic acids is 1. The molecule has 216 valence electrons. The fraction of sp³-hybridized carbons (Fsp3) is 0.343. The van der Waals surface area contributed by atoms with E-state index in [1.807, 2.05) is 29.8 Å². The Balaban J connectivity index is 1.71. The van der Waals surface area contributed by atoms with E-state index in [4.69, 9.17) is 11.6 Å². The maximum atomic E-state index is 15.4. The van der Waals surface area contributed by atoms with Crippen LogP contribution in [0.2, 0.25) is 5.02 Å². The van der Waals surface area contributed by atoms with Crippen LogP contribution in [0.25, 0.3) is 22.4 Å². The van der Waals surface area contributed by atoms with Crippen molar-refractivity contribution in [2.24, 2.45) is 18.9 Å². The van der Waals surface area contributed by atoms with Gasteiger partial charge in [-0.15, -0.1) is 0 Å². The highest BCUT2D eigenvalue weighted by Gasteiger charge is 2.27. The first-order chi connectivity index (χ1) is 19.5. The van der Waals surface area contributed by atoms with Gasteiger partial charge in [0.2, 0.25) is 0 Å². The number of aromatic nitrogens is 1. The van der Waals surface area contributed by atoms with Crippen LogP contribution >= 0.6 is 11.6 Å². The van der Waals surface area contributed by atoms with Crippen molar-refractivity contribution >= 4 is 23.3 Å². The molecule has 0 fully saturated rings. The molecule has 0 spiro atoms. The van der Waals surface area contributed by atoms with Crippen molar-refractivity contribution in [3.8, 4) is 22.4 Å². The first-order valence-electron chi connectivity index (χ1n) is 14.3. The number of rotatable bonds is 11. The normalized spacial score (nSPS) is 12.8. The quantitative estimate of drug-likeness (QED) is 0.194. The molecule has 0 radical (unpaired) electrons. The van der Waals surface area contributed by atoms with Crippen LogP contribution in [0, 0.1) is 31.5 Å². The number of carboxylic acids is 1. The molecule has 0 saturated heterocycles. The molecule has 1 N–H and O–H groups in total. The molecule has 0 aliphatic carbocycles. The number of benzene rings is 3. The molecular formula is C35H40ClFN2O2. The van der Waals surface area contributed by atoms with Crippen LogP contribution in [-0.4, -0.2) is 29.2 Å². The molecule has 0 amide bonds. The van der Waals surface area contributed by atoms with Gasteiger partial charge in [-0.25, -0.2) is 9.18 Å².